The summed E-state index contributed by atoms with van der Waals surface area (Å²) in [5, 5.41) is 14.0. The Bertz CT molecular complexity index is 399. The monoisotopic (exact) mass is 319 g/mol. The van der Waals surface area contributed by atoms with Crippen molar-refractivity contribution in [3.63, 3.8) is 0 Å². The third kappa shape index (κ3) is 7.34. The Labute approximate surface area is 131 Å². The molecule has 1 rings (SSSR count). The molecule has 20 heavy (non-hydrogen) atoms. The maximum atomic E-state index is 9.80. The number of hydrogen-bond acceptors (Lipinski definition) is 3. The van der Waals surface area contributed by atoms with Gasteiger partial charge >= 0.3 is 0 Å². The maximum absolute atomic E-state index is 9.80. The molecular weight excluding hydrogens is 297 g/mol. The second-order valence-electron chi connectivity index (χ2n) is 5.28. The van der Waals surface area contributed by atoms with Gasteiger partial charge in [0.25, 0.3) is 0 Å². The minimum atomic E-state index is -0.538. The standard InChI is InChI=1S/C15H23Cl2NO2/c1-11(2)4-3-7-18-9-12(19)10-20-13-5-6-14(16)15(17)8-13/h5-6,8,11-12,18-19H,3-4,7,9-10H2,1-2H3. The fourth-order valence-electron chi connectivity index (χ4n) is 1.72. The number of hydrogen-bond donors (Lipinski definition) is 2. The molecule has 0 radical (unpaired) electrons. The number of aliphatic hydroxyl groups excluding tert-OH is 1. The third-order valence-corrected chi connectivity index (χ3v) is 3.59. The quantitative estimate of drug-likeness (QED) is 0.681. The second kappa shape index (κ2) is 9.46. The summed E-state index contributed by atoms with van der Waals surface area (Å²) >= 11 is 11.7. The van der Waals surface area contributed by atoms with E-state index in [0.29, 0.717) is 22.3 Å². The van der Waals surface area contributed by atoms with Crippen LogP contribution in [0.5, 0.6) is 5.75 Å². The van der Waals surface area contributed by atoms with E-state index in [-0.39, 0.29) is 6.61 Å². The van der Waals surface area contributed by atoms with E-state index in [9.17, 15) is 5.11 Å². The summed E-state index contributed by atoms with van der Waals surface area (Å²) < 4.78 is 5.47. The molecule has 3 nitrogen and oxygen atoms in total. The summed E-state index contributed by atoms with van der Waals surface area (Å²) in [5.41, 5.74) is 0. The Balaban J connectivity index is 2.16. The fourth-order valence-corrected chi connectivity index (χ4v) is 2.01. The number of halogens is 2. The van der Waals surface area contributed by atoms with Gasteiger partial charge < -0.3 is 15.2 Å². The molecule has 0 aliphatic carbocycles. The van der Waals surface area contributed by atoms with Crippen LogP contribution in [0.4, 0.5) is 0 Å². The highest BCUT2D eigenvalue weighted by molar-refractivity contribution is 6.42. The molecule has 0 fully saturated rings. The molecule has 5 heteroatoms. The lowest BCUT2D eigenvalue weighted by Crippen LogP contribution is -2.32. The van der Waals surface area contributed by atoms with E-state index in [1.165, 1.54) is 6.42 Å². The number of ether oxygens (including phenoxy) is 1. The van der Waals surface area contributed by atoms with Crippen LogP contribution in [0.2, 0.25) is 10.0 Å². The van der Waals surface area contributed by atoms with E-state index in [4.69, 9.17) is 27.9 Å². The molecule has 1 aromatic rings. The highest BCUT2D eigenvalue weighted by Gasteiger charge is 2.06. The first-order chi connectivity index (χ1) is 9.49. The van der Waals surface area contributed by atoms with Gasteiger partial charge in [0.05, 0.1) is 10.0 Å². The summed E-state index contributed by atoms with van der Waals surface area (Å²) in [6.45, 7) is 6.09. The number of aliphatic hydroxyl groups is 1. The third-order valence-electron chi connectivity index (χ3n) is 2.85. The van der Waals surface area contributed by atoms with Crippen LogP contribution >= 0.6 is 23.2 Å². The van der Waals surface area contributed by atoms with Crippen molar-refractivity contribution in [3.05, 3.63) is 28.2 Å². The molecule has 114 valence electrons. The molecule has 1 atom stereocenters. The smallest absolute Gasteiger partial charge is 0.121 e. The molecule has 0 aromatic heterocycles. The lowest BCUT2D eigenvalue weighted by molar-refractivity contribution is 0.106. The molecule has 2 N–H and O–H groups in total. The van der Waals surface area contributed by atoms with E-state index in [1.54, 1.807) is 18.2 Å². The highest BCUT2D eigenvalue weighted by atomic mass is 35.5. The van der Waals surface area contributed by atoms with Crippen LogP contribution in [0.25, 0.3) is 0 Å². The van der Waals surface area contributed by atoms with Crippen LogP contribution in [-0.2, 0) is 0 Å². The summed E-state index contributed by atoms with van der Waals surface area (Å²) in [4.78, 5) is 0. The van der Waals surface area contributed by atoms with Gasteiger partial charge in [-0.25, -0.2) is 0 Å². The van der Waals surface area contributed by atoms with Gasteiger partial charge in [-0.2, -0.15) is 0 Å². The molecule has 0 bridgehead atoms. The van der Waals surface area contributed by atoms with Gasteiger partial charge in [-0.3, -0.25) is 0 Å². The minimum absolute atomic E-state index is 0.231. The average molecular weight is 320 g/mol. The molecule has 1 aromatic carbocycles. The molecular formula is C15H23Cl2NO2. The van der Waals surface area contributed by atoms with E-state index >= 15 is 0 Å². The normalized spacial score (nSPS) is 12.7. The molecule has 0 saturated carbocycles. The Kier molecular flexibility index (Phi) is 8.31. The molecule has 0 amide bonds. The van der Waals surface area contributed by atoms with Crippen molar-refractivity contribution in [2.75, 3.05) is 19.7 Å². The van der Waals surface area contributed by atoms with Crippen LogP contribution < -0.4 is 10.1 Å². The largest absolute Gasteiger partial charge is 0.491 e. The Morgan fingerprint density at radius 1 is 1.25 bits per heavy atom. The van der Waals surface area contributed by atoms with E-state index in [1.807, 2.05) is 0 Å². The minimum Gasteiger partial charge on any atom is -0.491 e. The Morgan fingerprint density at radius 2 is 2.00 bits per heavy atom. The van der Waals surface area contributed by atoms with Crippen LogP contribution in [0.3, 0.4) is 0 Å². The van der Waals surface area contributed by atoms with E-state index in [2.05, 4.69) is 19.2 Å². The van der Waals surface area contributed by atoms with Crippen molar-refractivity contribution in [2.24, 2.45) is 5.92 Å². The zero-order chi connectivity index (χ0) is 15.0. The fraction of sp³-hybridized carbons (Fsp3) is 0.600. The van der Waals surface area contributed by atoms with Gasteiger partial charge in [-0.15, -0.1) is 0 Å². The van der Waals surface area contributed by atoms with Crippen molar-refractivity contribution in [3.8, 4) is 5.75 Å². The van der Waals surface area contributed by atoms with Crippen molar-refractivity contribution in [1.29, 1.82) is 0 Å². The van der Waals surface area contributed by atoms with E-state index in [0.717, 1.165) is 18.9 Å². The van der Waals surface area contributed by atoms with E-state index < -0.39 is 6.10 Å². The zero-order valence-electron chi connectivity index (χ0n) is 12.0. The van der Waals surface area contributed by atoms with Gasteiger partial charge in [0.1, 0.15) is 18.5 Å². The number of nitrogens with one attached hydrogen (secondary N) is 1. The summed E-state index contributed by atoms with van der Waals surface area (Å²) in [6, 6.07) is 5.06. The predicted octanol–water partition coefficient (Wildman–Crippen LogP) is 3.76. The molecule has 0 aliphatic rings. The lowest BCUT2D eigenvalue weighted by atomic mass is 10.1. The first-order valence-corrected chi connectivity index (χ1v) is 7.71. The predicted molar refractivity (Wildman–Crippen MR) is 84.9 cm³/mol. The van der Waals surface area contributed by atoms with Crippen LogP contribution in [-0.4, -0.2) is 30.9 Å². The Morgan fingerprint density at radius 3 is 2.65 bits per heavy atom. The number of rotatable bonds is 9. The lowest BCUT2D eigenvalue weighted by Gasteiger charge is -2.14. The molecule has 0 heterocycles. The average Bonchev–Trinajstić information content (AvgIpc) is 2.39. The van der Waals surface area contributed by atoms with Crippen LogP contribution in [0.15, 0.2) is 18.2 Å². The summed E-state index contributed by atoms with van der Waals surface area (Å²) in [5.74, 6) is 1.33. The van der Waals surface area contributed by atoms with Gasteiger partial charge in [-0.1, -0.05) is 37.0 Å². The first-order valence-electron chi connectivity index (χ1n) is 6.95. The summed E-state index contributed by atoms with van der Waals surface area (Å²) in [7, 11) is 0. The molecule has 0 saturated heterocycles. The first kappa shape index (κ1) is 17.6. The van der Waals surface area contributed by atoms with Crippen LogP contribution in [0.1, 0.15) is 26.7 Å². The van der Waals surface area contributed by atoms with Gasteiger partial charge in [0.15, 0.2) is 0 Å². The molecule has 1 unspecified atom stereocenters. The topological polar surface area (TPSA) is 41.5 Å². The van der Waals surface area contributed by atoms with Crippen molar-refractivity contribution in [2.45, 2.75) is 32.8 Å². The van der Waals surface area contributed by atoms with Crippen LogP contribution in [0, 0.1) is 5.92 Å². The SMILES string of the molecule is CC(C)CCCNCC(O)COc1ccc(Cl)c(Cl)c1. The molecule has 0 spiro atoms. The van der Waals surface area contributed by atoms with Crippen molar-refractivity contribution in [1.82, 2.24) is 5.32 Å². The van der Waals surface area contributed by atoms with Crippen molar-refractivity contribution < 1.29 is 9.84 Å². The zero-order valence-corrected chi connectivity index (χ0v) is 13.5. The second-order valence-corrected chi connectivity index (χ2v) is 6.10. The highest BCUT2D eigenvalue weighted by Crippen LogP contribution is 2.26. The van der Waals surface area contributed by atoms with Gasteiger partial charge in [0, 0.05) is 12.6 Å². The molecule has 0 aliphatic heterocycles. The Hall–Kier alpha value is -0.480. The summed E-state index contributed by atoms with van der Waals surface area (Å²) in [6.07, 6.45) is 1.78. The van der Waals surface area contributed by atoms with Crippen molar-refractivity contribution >= 4 is 23.2 Å². The number of benzene rings is 1. The maximum Gasteiger partial charge on any atom is 0.121 e. The van der Waals surface area contributed by atoms with Gasteiger partial charge in [0.2, 0.25) is 0 Å². The van der Waals surface area contributed by atoms with Gasteiger partial charge in [-0.05, 0) is 37.4 Å².